The molecule has 33 heavy (non-hydrogen) atoms. The Hall–Kier alpha value is -3.62. The van der Waals surface area contributed by atoms with Crippen LogP contribution in [-0.2, 0) is 0 Å². The molecule has 0 saturated carbocycles. The van der Waals surface area contributed by atoms with Crippen molar-refractivity contribution in [1.29, 1.82) is 0 Å². The molecule has 1 atom stereocenters. The van der Waals surface area contributed by atoms with Gasteiger partial charge in [0.05, 0.1) is 0 Å². The molecule has 0 fully saturated rings. The van der Waals surface area contributed by atoms with Crippen molar-refractivity contribution in [2.75, 3.05) is 0 Å². The third-order valence-electron chi connectivity index (χ3n) is 6.24. The van der Waals surface area contributed by atoms with E-state index < -0.39 is 0 Å². The molecule has 2 heteroatoms. The Bertz CT molecular complexity index is 1430. The zero-order valence-corrected chi connectivity index (χ0v) is 19.5. The molecule has 0 bridgehead atoms. The highest BCUT2D eigenvalue weighted by Crippen LogP contribution is 2.40. The number of rotatable bonds is 3. The van der Waals surface area contributed by atoms with Crippen molar-refractivity contribution < 1.29 is 4.74 Å². The Labute approximate surface area is 202 Å². The highest BCUT2D eigenvalue weighted by atomic mass is 79.9. The topological polar surface area (TPSA) is 9.23 Å². The maximum absolute atomic E-state index is 6.22. The second-order valence-electron chi connectivity index (χ2n) is 8.28. The molecule has 2 aliphatic rings. The van der Waals surface area contributed by atoms with Crippen molar-refractivity contribution in [2.24, 2.45) is 0 Å². The van der Waals surface area contributed by atoms with Crippen LogP contribution in [0.2, 0.25) is 0 Å². The first-order valence-corrected chi connectivity index (χ1v) is 11.9. The summed E-state index contributed by atoms with van der Waals surface area (Å²) in [6.07, 6.45) is 8.62. The van der Waals surface area contributed by atoms with E-state index in [-0.39, 0.29) is 6.10 Å². The van der Waals surface area contributed by atoms with Gasteiger partial charge in [-0.15, -0.1) is 0 Å². The van der Waals surface area contributed by atoms with Crippen molar-refractivity contribution in [1.82, 2.24) is 0 Å². The number of benzene rings is 4. The lowest BCUT2D eigenvalue weighted by molar-refractivity contribution is 0.324. The monoisotopic (exact) mass is 488 g/mol. The van der Waals surface area contributed by atoms with E-state index in [1.54, 1.807) is 0 Å². The van der Waals surface area contributed by atoms with Crippen LogP contribution in [0.1, 0.15) is 11.1 Å². The summed E-state index contributed by atoms with van der Waals surface area (Å²) in [7, 11) is 0. The van der Waals surface area contributed by atoms with Crippen molar-refractivity contribution in [3.05, 3.63) is 137 Å². The van der Waals surface area contributed by atoms with E-state index in [1.165, 1.54) is 44.5 Å². The molecule has 1 aliphatic heterocycles. The molecular formula is C31H21BrO. The largest absolute Gasteiger partial charge is 0.481 e. The fraction of sp³-hybridized carbons (Fsp3) is 0.0323. The third kappa shape index (κ3) is 3.77. The van der Waals surface area contributed by atoms with Gasteiger partial charge in [0, 0.05) is 15.6 Å². The molecule has 4 aromatic carbocycles. The van der Waals surface area contributed by atoms with E-state index in [0.29, 0.717) is 0 Å². The van der Waals surface area contributed by atoms with E-state index in [4.69, 9.17) is 4.74 Å². The molecular weight excluding hydrogens is 468 g/mol. The molecule has 0 N–H and O–H groups in total. The molecule has 4 aromatic rings. The third-order valence-corrected chi connectivity index (χ3v) is 6.94. The van der Waals surface area contributed by atoms with Gasteiger partial charge in [0.25, 0.3) is 0 Å². The van der Waals surface area contributed by atoms with Crippen LogP contribution in [0.25, 0.3) is 33.4 Å². The predicted octanol–water partition coefficient (Wildman–Crippen LogP) is 8.58. The fourth-order valence-electron chi connectivity index (χ4n) is 4.54. The molecule has 6 rings (SSSR count). The summed E-state index contributed by atoms with van der Waals surface area (Å²) in [5, 5.41) is 0. The van der Waals surface area contributed by atoms with Crippen LogP contribution in [0.4, 0.5) is 0 Å². The minimum Gasteiger partial charge on any atom is -0.481 e. The summed E-state index contributed by atoms with van der Waals surface area (Å²) >= 11 is 3.74. The van der Waals surface area contributed by atoms with Gasteiger partial charge in [-0.25, -0.2) is 0 Å². The van der Waals surface area contributed by atoms with Crippen LogP contribution in [0.15, 0.2) is 126 Å². The van der Waals surface area contributed by atoms with Crippen LogP contribution in [-0.4, -0.2) is 6.10 Å². The van der Waals surface area contributed by atoms with Gasteiger partial charge in [0.15, 0.2) is 0 Å². The van der Waals surface area contributed by atoms with Crippen molar-refractivity contribution >= 4 is 27.1 Å². The van der Waals surface area contributed by atoms with Crippen LogP contribution in [0.5, 0.6) is 5.75 Å². The minimum atomic E-state index is -0.0521. The highest BCUT2D eigenvalue weighted by molar-refractivity contribution is 9.10. The summed E-state index contributed by atoms with van der Waals surface area (Å²) in [4.78, 5) is 0. The van der Waals surface area contributed by atoms with Gasteiger partial charge in [0.2, 0.25) is 0 Å². The number of halogens is 1. The number of hydrogen-bond acceptors (Lipinski definition) is 1. The molecule has 0 saturated heterocycles. The molecule has 0 aromatic heterocycles. The van der Waals surface area contributed by atoms with Crippen molar-refractivity contribution in [2.45, 2.75) is 6.10 Å². The zero-order chi connectivity index (χ0) is 22.2. The Morgan fingerprint density at radius 1 is 0.636 bits per heavy atom. The number of allylic oxidation sites excluding steroid dienone is 4. The first-order chi connectivity index (χ1) is 16.3. The average Bonchev–Trinajstić information content (AvgIpc) is 3.07. The smallest absolute Gasteiger partial charge is 0.144 e. The lowest BCUT2D eigenvalue weighted by Gasteiger charge is -2.11. The first-order valence-electron chi connectivity index (χ1n) is 11.1. The Morgan fingerprint density at radius 2 is 1.36 bits per heavy atom. The predicted molar refractivity (Wildman–Crippen MR) is 141 cm³/mol. The fourth-order valence-corrected chi connectivity index (χ4v) is 5.01. The lowest BCUT2D eigenvalue weighted by atomic mass is 9.96. The molecule has 158 valence electrons. The second-order valence-corrected chi connectivity index (χ2v) is 9.13. The standard InChI is InChI=1S/C31H21BrO/c32-29-18-17-25(21-7-2-1-3-8-21)19-28(29)23-15-13-22(14-16-23)24-9-6-11-27-26-10-4-5-12-30(26)33-31(27)20-24/h1-20,31H. The average molecular weight is 489 g/mol. The zero-order valence-electron chi connectivity index (χ0n) is 17.9. The first kappa shape index (κ1) is 20.0. The lowest BCUT2D eigenvalue weighted by Crippen LogP contribution is -2.08. The van der Waals surface area contributed by atoms with E-state index in [9.17, 15) is 0 Å². The van der Waals surface area contributed by atoms with Gasteiger partial charge in [0.1, 0.15) is 11.9 Å². The number of hydrogen-bond donors (Lipinski definition) is 0. The molecule has 0 spiro atoms. The van der Waals surface area contributed by atoms with Gasteiger partial charge in [-0.2, -0.15) is 0 Å². The van der Waals surface area contributed by atoms with E-state index in [0.717, 1.165) is 10.2 Å². The van der Waals surface area contributed by atoms with E-state index in [2.05, 4.69) is 119 Å². The molecule has 1 aliphatic carbocycles. The summed E-state index contributed by atoms with van der Waals surface area (Å²) in [5.74, 6) is 0.957. The molecule has 1 unspecified atom stereocenters. The molecule has 0 radical (unpaired) electrons. The van der Waals surface area contributed by atoms with Gasteiger partial charge in [-0.3, -0.25) is 0 Å². The summed E-state index contributed by atoms with van der Waals surface area (Å²) < 4.78 is 7.31. The second kappa shape index (κ2) is 8.38. The quantitative estimate of drug-likeness (QED) is 0.280. The maximum Gasteiger partial charge on any atom is 0.144 e. The van der Waals surface area contributed by atoms with Gasteiger partial charge >= 0.3 is 0 Å². The van der Waals surface area contributed by atoms with Gasteiger partial charge in [-0.05, 0) is 57.7 Å². The minimum absolute atomic E-state index is 0.0521. The van der Waals surface area contributed by atoms with Crippen LogP contribution in [0.3, 0.4) is 0 Å². The summed E-state index contributed by atoms with van der Waals surface area (Å²) in [6.45, 7) is 0. The molecule has 1 nitrogen and oxygen atoms in total. The van der Waals surface area contributed by atoms with E-state index in [1.807, 2.05) is 18.2 Å². The summed E-state index contributed by atoms with van der Waals surface area (Å²) in [5.41, 5.74) is 9.55. The molecule has 0 amide bonds. The Kier molecular flexibility index (Phi) is 5.09. The number of fused-ring (bicyclic) bond motifs is 3. The van der Waals surface area contributed by atoms with Crippen LogP contribution in [0, 0.1) is 0 Å². The van der Waals surface area contributed by atoms with E-state index >= 15 is 0 Å². The summed E-state index contributed by atoms with van der Waals surface area (Å²) in [6, 6.07) is 34.1. The normalized spacial score (nSPS) is 16.2. The molecule has 1 heterocycles. The number of ether oxygens (including phenoxy) is 1. The Morgan fingerprint density at radius 3 is 2.21 bits per heavy atom. The van der Waals surface area contributed by atoms with Gasteiger partial charge in [-0.1, -0.05) is 113 Å². The van der Waals surface area contributed by atoms with Gasteiger partial charge < -0.3 is 4.74 Å². The SMILES string of the molecule is Brc1ccc(-c2ccccc2)cc1-c1ccc(C2=CC3Oc4ccccc4C3=CC=C2)cc1. The van der Waals surface area contributed by atoms with Crippen molar-refractivity contribution in [3.8, 4) is 28.0 Å². The number of para-hydroxylation sites is 1. The van der Waals surface area contributed by atoms with Crippen LogP contribution < -0.4 is 4.74 Å². The maximum atomic E-state index is 6.22. The van der Waals surface area contributed by atoms with Crippen molar-refractivity contribution in [3.63, 3.8) is 0 Å². The van der Waals surface area contributed by atoms with Crippen LogP contribution >= 0.6 is 15.9 Å². The Balaban J connectivity index is 1.31. The highest BCUT2D eigenvalue weighted by Gasteiger charge is 2.27.